The van der Waals surface area contributed by atoms with Crippen molar-refractivity contribution in [3.05, 3.63) is 34.9 Å². The molecule has 0 saturated heterocycles. The molecule has 1 aromatic carbocycles. The van der Waals surface area contributed by atoms with Gasteiger partial charge in [0.15, 0.2) is 4.34 Å². The third-order valence-corrected chi connectivity index (χ3v) is 5.85. The summed E-state index contributed by atoms with van der Waals surface area (Å²) in [6, 6.07) is 6.57. The van der Waals surface area contributed by atoms with Crippen LogP contribution in [0.3, 0.4) is 0 Å². The maximum atomic E-state index is 11.9. The van der Waals surface area contributed by atoms with Crippen LogP contribution in [0.4, 0.5) is 5.13 Å². The fourth-order valence-electron chi connectivity index (χ4n) is 2.69. The molecule has 1 aromatic heterocycles. The fraction of sp³-hybridized carbons (Fsp3) is 0.526. The number of benzene rings is 1. The van der Waals surface area contributed by atoms with Crippen LogP contribution >= 0.6 is 23.1 Å². The molecule has 0 bridgehead atoms. The van der Waals surface area contributed by atoms with E-state index in [1.54, 1.807) is 11.8 Å². The van der Waals surface area contributed by atoms with Crippen LogP contribution in [0, 0.1) is 13.8 Å². The lowest BCUT2D eigenvalue weighted by atomic mass is 10.1. The molecular formula is C19H27N3OS2. The van der Waals surface area contributed by atoms with Gasteiger partial charge in [-0.25, -0.2) is 0 Å². The van der Waals surface area contributed by atoms with Gasteiger partial charge in [-0.15, -0.1) is 10.2 Å². The maximum Gasteiger partial charge on any atom is 0.226 e. The number of thioether (sulfide) groups is 1. The minimum absolute atomic E-state index is 0.0403. The number of rotatable bonds is 10. The predicted octanol–water partition coefficient (Wildman–Crippen LogP) is 5.75. The van der Waals surface area contributed by atoms with Crippen molar-refractivity contribution in [2.24, 2.45) is 0 Å². The number of hydrogen-bond acceptors (Lipinski definition) is 5. The van der Waals surface area contributed by atoms with E-state index < -0.39 is 0 Å². The van der Waals surface area contributed by atoms with Crippen LogP contribution in [0.15, 0.2) is 22.5 Å². The maximum absolute atomic E-state index is 11.9. The Morgan fingerprint density at radius 2 is 1.80 bits per heavy atom. The van der Waals surface area contributed by atoms with Crippen LogP contribution in [-0.2, 0) is 10.5 Å². The zero-order chi connectivity index (χ0) is 18.1. The zero-order valence-electron chi connectivity index (χ0n) is 15.3. The summed E-state index contributed by atoms with van der Waals surface area (Å²) in [6.07, 6.45) is 6.31. The minimum Gasteiger partial charge on any atom is -0.301 e. The quantitative estimate of drug-likeness (QED) is 0.325. The van der Waals surface area contributed by atoms with Gasteiger partial charge in [-0.05, 0) is 25.8 Å². The van der Waals surface area contributed by atoms with Crippen molar-refractivity contribution in [3.63, 3.8) is 0 Å². The third-order valence-electron chi connectivity index (χ3n) is 3.80. The molecule has 136 valence electrons. The highest BCUT2D eigenvalue weighted by Crippen LogP contribution is 2.29. The second kappa shape index (κ2) is 10.6. The Balaban J connectivity index is 1.75. The Hall–Kier alpha value is -1.40. The zero-order valence-corrected chi connectivity index (χ0v) is 16.9. The lowest BCUT2D eigenvalue weighted by molar-refractivity contribution is -0.116. The molecule has 0 fully saturated rings. The van der Waals surface area contributed by atoms with Crippen molar-refractivity contribution in [1.29, 1.82) is 0 Å². The number of aryl methyl sites for hydroxylation is 2. The van der Waals surface area contributed by atoms with E-state index in [-0.39, 0.29) is 5.91 Å². The molecule has 25 heavy (non-hydrogen) atoms. The van der Waals surface area contributed by atoms with Gasteiger partial charge >= 0.3 is 0 Å². The fourth-order valence-corrected chi connectivity index (χ4v) is 4.39. The molecule has 2 rings (SSSR count). The number of nitrogens with one attached hydrogen (secondary N) is 1. The Morgan fingerprint density at radius 3 is 2.52 bits per heavy atom. The molecular weight excluding hydrogens is 350 g/mol. The molecule has 0 atom stereocenters. The van der Waals surface area contributed by atoms with Crippen molar-refractivity contribution in [3.8, 4) is 0 Å². The van der Waals surface area contributed by atoms with Gasteiger partial charge in [0.1, 0.15) is 0 Å². The Morgan fingerprint density at radius 1 is 1.08 bits per heavy atom. The highest BCUT2D eigenvalue weighted by molar-refractivity contribution is 8.00. The number of anilines is 1. The van der Waals surface area contributed by atoms with Gasteiger partial charge in [0.2, 0.25) is 11.0 Å². The number of carbonyl (C=O) groups is 1. The molecule has 0 saturated carbocycles. The molecule has 1 amide bonds. The molecule has 6 heteroatoms. The van der Waals surface area contributed by atoms with Gasteiger partial charge in [-0.3, -0.25) is 4.79 Å². The highest BCUT2D eigenvalue weighted by atomic mass is 32.2. The lowest BCUT2D eigenvalue weighted by Crippen LogP contribution is -2.10. The summed E-state index contributed by atoms with van der Waals surface area (Å²) in [5, 5.41) is 11.7. The van der Waals surface area contributed by atoms with Gasteiger partial charge in [0.05, 0.1) is 0 Å². The molecule has 0 aliphatic heterocycles. The largest absolute Gasteiger partial charge is 0.301 e. The summed E-state index contributed by atoms with van der Waals surface area (Å²) in [6.45, 7) is 6.42. The lowest BCUT2D eigenvalue weighted by Gasteiger charge is -2.03. The summed E-state index contributed by atoms with van der Waals surface area (Å²) in [7, 11) is 0. The van der Waals surface area contributed by atoms with E-state index in [1.807, 2.05) is 0 Å². The third kappa shape index (κ3) is 7.57. The van der Waals surface area contributed by atoms with Crippen LogP contribution in [0.5, 0.6) is 0 Å². The molecule has 0 radical (unpaired) electrons. The first-order valence-electron chi connectivity index (χ1n) is 8.90. The standard InChI is InChI=1S/C19H27N3OS2/c1-4-5-6-7-8-9-17(23)20-18-21-22-19(25-18)24-13-16-11-14(2)10-15(3)12-16/h10-12H,4-9,13H2,1-3H3,(H,20,21,23). The van der Waals surface area contributed by atoms with Gasteiger partial charge in [0, 0.05) is 12.2 Å². The Labute approximate surface area is 158 Å². The molecule has 0 spiro atoms. The molecule has 1 N–H and O–H groups in total. The molecule has 4 nitrogen and oxygen atoms in total. The van der Waals surface area contributed by atoms with E-state index in [4.69, 9.17) is 0 Å². The van der Waals surface area contributed by atoms with Crippen molar-refractivity contribution >= 4 is 34.1 Å². The summed E-state index contributed by atoms with van der Waals surface area (Å²) in [4.78, 5) is 11.9. The van der Waals surface area contributed by atoms with Crippen molar-refractivity contribution in [2.45, 2.75) is 69.4 Å². The van der Waals surface area contributed by atoms with Crippen molar-refractivity contribution in [1.82, 2.24) is 10.2 Å². The number of hydrogen-bond donors (Lipinski definition) is 1. The van der Waals surface area contributed by atoms with E-state index >= 15 is 0 Å². The van der Waals surface area contributed by atoms with E-state index in [9.17, 15) is 4.79 Å². The topological polar surface area (TPSA) is 54.9 Å². The average molecular weight is 378 g/mol. The Bertz CT molecular complexity index is 665. The second-order valence-corrected chi connectivity index (χ2v) is 8.57. The van der Waals surface area contributed by atoms with E-state index in [0.717, 1.165) is 22.9 Å². The van der Waals surface area contributed by atoms with Crippen LogP contribution in [0.25, 0.3) is 0 Å². The van der Waals surface area contributed by atoms with Gasteiger partial charge in [0.25, 0.3) is 0 Å². The number of nitrogens with zero attached hydrogens (tertiary/aromatic N) is 2. The number of aromatic nitrogens is 2. The molecule has 1 heterocycles. The average Bonchev–Trinajstić information content (AvgIpc) is 2.99. The predicted molar refractivity (Wildman–Crippen MR) is 107 cm³/mol. The molecule has 0 aliphatic rings. The van der Waals surface area contributed by atoms with E-state index in [2.05, 4.69) is 54.5 Å². The number of unbranched alkanes of at least 4 members (excludes halogenated alkanes) is 4. The van der Waals surface area contributed by atoms with Crippen LogP contribution in [0.2, 0.25) is 0 Å². The van der Waals surface area contributed by atoms with Crippen LogP contribution in [0.1, 0.15) is 62.1 Å². The second-order valence-electron chi connectivity index (χ2n) is 6.37. The minimum atomic E-state index is 0.0403. The Kier molecular flexibility index (Phi) is 8.41. The van der Waals surface area contributed by atoms with Gasteiger partial charge < -0.3 is 5.32 Å². The van der Waals surface area contributed by atoms with Crippen LogP contribution in [-0.4, -0.2) is 16.1 Å². The highest BCUT2D eigenvalue weighted by Gasteiger charge is 2.09. The molecule has 0 unspecified atom stereocenters. The monoisotopic (exact) mass is 377 g/mol. The smallest absolute Gasteiger partial charge is 0.226 e. The van der Waals surface area contributed by atoms with Gasteiger partial charge in [-0.1, -0.05) is 85.0 Å². The number of carbonyl (C=O) groups excluding carboxylic acids is 1. The summed E-state index contributed by atoms with van der Waals surface area (Å²) >= 11 is 3.10. The van der Waals surface area contributed by atoms with E-state index in [1.165, 1.54) is 47.3 Å². The van der Waals surface area contributed by atoms with E-state index in [0.29, 0.717) is 11.6 Å². The van der Waals surface area contributed by atoms with Crippen molar-refractivity contribution in [2.75, 3.05) is 5.32 Å². The van der Waals surface area contributed by atoms with Crippen LogP contribution < -0.4 is 5.32 Å². The molecule has 0 aliphatic carbocycles. The van der Waals surface area contributed by atoms with Gasteiger partial charge in [-0.2, -0.15) is 0 Å². The first kappa shape index (κ1) is 19.9. The van der Waals surface area contributed by atoms with Crippen molar-refractivity contribution < 1.29 is 4.79 Å². The molecule has 2 aromatic rings. The summed E-state index contributed by atoms with van der Waals surface area (Å²) in [5.41, 5.74) is 3.84. The first-order chi connectivity index (χ1) is 12.1. The SMILES string of the molecule is CCCCCCCC(=O)Nc1nnc(SCc2cc(C)cc(C)c2)s1. The summed E-state index contributed by atoms with van der Waals surface area (Å²) in [5.74, 6) is 0.904. The summed E-state index contributed by atoms with van der Waals surface area (Å²) < 4.78 is 0.886. The normalized spacial score (nSPS) is 10.8. The number of amides is 1. The first-order valence-corrected chi connectivity index (χ1v) is 10.7.